The summed E-state index contributed by atoms with van der Waals surface area (Å²) in [5.41, 5.74) is -0.00792. The minimum atomic E-state index is -4.49. The third kappa shape index (κ3) is 2.68. The van der Waals surface area contributed by atoms with Crippen molar-refractivity contribution >= 4 is 5.82 Å². The number of alkyl halides is 3. The number of nitrogens with zero attached hydrogens (tertiary/aromatic N) is 3. The number of fused-ring (bicyclic) bond motifs is 1. The zero-order valence-electron chi connectivity index (χ0n) is 11.7. The second-order valence-electron chi connectivity index (χ2n) is 5.13. The molecular formula is C14H13F3N4O. The number of H-pyrrole nitrogens is 1. The van der Waals surface area contributed by atoms with Gasteiger partial charge in [-0.05, 0) is 19.1 Å². The lowest BCUT2D eigenvalue weighted by Crippen LogP contribution is -2.36. The van der Waals surface area contributed by atoms with Crippen LogP contribution in [0.3, 0.4) is 0 Å². The van der Waals surface area contributed by atoms with E-state index in [-0.39, 0.29) is 17.9 Å². The maximum atomic E-state index is 12.7. The Balaban J connectivity index is 1.94. The van der Waals surface area contributed by atoms with E-state index < -0.39 is 11.9 Å². The Bertz CT molecular complexity index is 769. The first-order chi connectivity index (χ1) is 10.3. The summed E-state index contributed by atoms with van der Waals surface area (Å²) in [6, 6.07) is 3.76. The molecular weight excluding hydrogens is 297 g/mol. The van der Waals surface area contributed by atoms with Gasteiger partial charge in [-0.25, -0.2) is 9.97 Å². The highest BCUT2D eigenvalue weighted by molar-refractivity contribution is 5.43. The highest BCUT2D eigenvalue weighted by Gasteiger charge is 2.33. The van der Waals surface area contributed by atoms with Crippen molar-refractivity contribution in [1.82, 2.24) is 15.0 Å². The Hall–Kier alpha value is -2.38. The third-order valence-electron chi connectivity index (χ3n) is 3.54. The molecule has 0 radical (unpaired) electrons. The first kappa shape index (κ1) is 14.6. The van der Waals surface area contributed by atoms with Crippen molar-refractivity contribution in [2.24, 2.45) is 0 Å². The minimum Gasteiger partial charge on any atom is -0.352 e. The number of hydrogen-bond acceptors (Lipinski definition) is 4. The van der Waals surface area contributed by atoms with Crippen molar-refractivity contribution in [3.8, 4) is 0 Å². The molecule has 8 heteroatoms. The molecule has 5 nitrogen and oxygen atoms in total. The quantitative estimate of drug-likeness (QED) is 0.876. The molecule has 2 aromatic heterocycles. The van der Waals surface area contributed by atoms with Gasteiger partial charge < -0.3 is 9.88 Å². The van der Waals surface area contributed by atoms with E-state index in [4.69, 9.17) is 0 Å². The Kier molecular flexibility index (Phi) is 3.38. The topological polar surface area (TPSA) is 61.9 Å². The molecule has 0 fully saturated rings. The highest BCUT2D eigenvalue weighted by Crippen LogP contribution is 2.29. The molecule has 3 rings (SSSR count). The number of rotatable bonds is 1. The van der Waals surface area contributed by atoms with E-state index in [9.17, 15) is 18.0 Å². The number of anilines is 1. The summed E-state index contributed by atoms with van der Waals surface area (Å²) in [6.07, 6.45) is -3.99. The average molecular weight is 310 g/mol. The maximum absolute atomic E-state index is 12.7. The van der Waals surface area contributed by atoms with Gasteiger partial charge in [0, 0.05) is 13.0 Å². The summed E-state index contributed by atoms with van der Waals surface area (Å²) >= 11 is 0. The van der Waals surface area contributed by atoms with Gasteiger partial charge in [0.2, 0.25) is 0 Å². The van der Waals surface area contributed by atoms with Gasteiger partial charge in [-0.3, -0.25) is 4.79 Å². The fraction of sp³-hybridized carbons (Fsp3) is 0.357. The molecule has 0 aliphatic carbocycles. The van der Waals surface area contributed by atoms with Gasteiger partial charge in [0.05, 0.1) is 17.8 Å². The summed E-state index contributed by atoms with van der Waals surface area (Å²) in [5, 5.41) is 0. The molecule has 1 aliphatic rings. The highest BCUT2D eigenvalue weighted by atomic mass is 19.4. The standard InChI is InChI=1S/C14H13F3N4O/c1-8-18-10-5-6-21(7-9(10)13(22)19-8)12-4-2-3-11(20-12)14(15,16)17/h2-4H,5-7H2,1H3,(H,18,19,22). The van der Waals surface area contributed by atoms with Crippen molar-refractivity contribution < 1.29 is 13.2 Å². The van der Waals surface area contributed by atoms with Gasteiger partial charge >= 0.3 is 6.18 Å². The predicted molar refractivity (Wildman–Crippen MR) is 73.6 cm³/mol. The van der Waals surface area contributed by atoms with Crippen molar-refractivity contribution in [3.63, 3.8) is 0 Å². The van der Waals surface area contributed by atoms with Crippen molar-refractivity contribution in [2.75, 3.05) is 11.4 Å². The molecule has 1 aliphatic heterocycles. The van der Waals surface area contributed by atoms with Gasteiger partial charge in [0.15, 0.2) is 0 Å². The van der Waals surface area contributed by atoms with Crippen LogP contribution < -0.4 is 10.5 Å². The first-order valence-corrected chi connectivity index (χ1v) is 6.72. The Morgan fingerprint density at radius 2 is 2.05 bits per heavy atom. The van der Waals surface area contributed by atoms with E-state index in [0.717, 1.165) is 6.07 Å². The van der Waals surface area contributed by atoms with Crippen LogP contribution in [-0.4, -0.2) is 21.5 Å². The second kappa shape index (κ2) is 5.11. The molecule has 0 aromatic carbocycles. The van der Waals surface area contributed by atoms with Crippen LogP contribution in [0.5, 0.6) is 0 Å². The number of nitrogens with one attached hydrogen (secondary N) is 1. The molecule has 0 atom stereocenters. The minimum absolute atomic E-state index is 0.201. The van der Waals surface area contributed by atoms with Crippen LogP contribution in [0.4, 0.5) is 19.0 Å². The molecule has 0 unspecified atom stereocenters. The number of aryl methyl sites for hydroxylation is 1. The van der Waals surface area contributed by atoms with Crippen molar-refractivity contribution in [2.45, 2.75) is 26.1 Å². The lowest BCUT2D eigenvalue weighted by atomic mass is 10.1. The van der Waals surface area contributed by atoms with Crippen molar-refractivity contribution in [1.29, 1.82) is 0 Å². The second-order valence-corrected chi connectivity index (χ2v) is 5.13. The Morgan fingerprint density at radius 3 is 2.77 bits per heavy atom. The summed E-state index contributed by atoms with van der Waals surface area (Å²) in [7, 11) is 0. The molecule has 0 saturated carbocycles. The first-order valence-electron chi connectivity index (χ1n) is 6.72. The van der Waals surface area contributed by atoms with E-state index in [2.05, 4.69) is 15.0 Å². The fourth-order valence-corrected chi connectivity index (χ4v) is 2.50. The number of pyridine rings is 1. The summed E-state index contributed by atoms with van der Waals surface area (Å²) in [5.74, 6) is 0.745. The molecule has 3 heterocycles. The lowest BCUT2D eigenvalue weighted by Gasteiger charge is -2.29. The van der Waals surface area contributed by atoms with E-state index >= 15 is 0 Å². The molecule has 0 saturated heterocycles. The largest absolute Gasteiger partial charge is 0.433 e. The normalized spacial score (nSPS) is 14.8. The third-order valence-corrected chi connectivity index (χ3v) is 3.54. The van der Waals surface area contributed by atoms with Gasteiger partial charge in [0.1, 0.15) is 17.3 Å². The van der Waals surface area contributed by atoms with Crippen LogP contribution in [0.1, 0.15) is 22.8 Å². The van der Waals surface area contributed by atoms with Gasteiger partial charge in [-0.15, -0.1) is 0 Å². The summed E-state index contributed by atoms with van der Waals surface area (Å²) < 4.78 is 38.2. The van der Waals surface area contributed by atoms with Crippen LogP contribution >= 0.6 is 0 Å². The predicted octanol–water partition coefficient (Wildman–Crippen LogP) is 2.05. The monoisotopic (exact) mass is 310 g/mol. The van der Waals surface area contributed by atoms with E-state index in [1.54, 1.807) is 11.8 Å². The number of halogens is 3. The van der Waals surface area contributed by atoms with Crippen LogP contribution in [0, 0.1) is 6.92 Å². The van der Waals surface area contributed by atoms with E-state index in [1.165, 1.54) is 12.1 Å². The molecule has 22 heavy (non-hydrogen) atoms. The SMILES string of the molecule is Cc1nc2c(c(=O)[nH]1)CN(c1cccc(C(F)(F)F)n1)CC2. The van der Waals surface area contributed by atoms with Crippen LogP contribution in [0.25, 0.3) is 0 Å². The van der Waals surface area contributed by atoms with Gasteiger partial charge in [-0.1, -0.05) is 6.07 Å². The molecule has 116 valence electrons. The zero-order valence-corrected chi connectivity index (χ0v) is 11.7. The number of aromatic nitrogens is 3. The van der Waals surface area contributed by atoms with E-state index in [1.807, 2.05) is 0 Å². The summed E-state index contributed by atoms with van der Waals surface area (Å²) in [4.78, 5) is 24.2. The number of aromatic amines is 1. The fourth-order valence-electron chi connectivity index (χ4n) is 2.50. The molecule has 0 bridgehead atoms. The molecule has 0 amide bonds. The Morgan fingerprint density at radius 1 is 1.27 bits per heavy atom. The Labute approximate surface area is 123 Å². The van der Waals surface area contributed by atoms with Crippen molar-refractivity contribution in [3.05, 3.63) is 51.3 Å². The maximum Gasteiger partial charge on any atom is 0.433 e. The van der Waals surface area contributed by atoms with Crippen LogP contribution in [0.2, 0.25) is 0 Å². The van der Waals surface area contributed by atoms with Gasteiger partial charge in [-0.2, -0.15) is 13.2 Å². The average Bonchev–Trinajstić information content (AvgIpc) is 2.46. The van der Waals surface area contributed by atoms with Crippen LogP contribution in [-0.2, 0) is 19.1 Å². The van der Waals surface area contributed by atoms with E-state index in [0.29, 0.717) is 30.0 Å². The summed E-state index contributed by atoms with van der Waals surface area (Å²) in [6.45, 7) is 2.37. The lowest BCUT2D eigenvalue weighted by molar-refractivity contribution is -0.141. The zero-order chi connectivity index (χ0) is 15.9. The molecule has 2 aromatic rings. The van der Waals surface area contributed by atoms with Crippen LogP contribution in [0.15, 0.2) is 23.0 Å². The number of hydrogen-bond donors (Lipinski definition) is 1. The molecule has 0 spiro atoms. The van der Waals surface area contributed by atoms with Gasteiger partial charge in [0.25, 0.3) is 5.56 Å². The smallest absolute Gasteiger partial charge is 0.352 e. The molecule has 1 N–H and O–H groups in total.